The number of rotatable bonds is 4. The van der Waals surface area contributed by atoms with E-state index in [2.05, 4.69) is 10.2 Å². The van der Waals surface area contributed by atoms with Gasteiger partial charge in [-0.3, -0.25) is 14.5 Å². The fourth-order valence-corrected chi connectivity index (χ4v) is 3.36. The second-order valence-corrected chi connectivity index (χ2v) is 5.45. The van der Waals surface area contributed by atoms with Crippen LogP contribution in [0.1, 0.15) is 45.4 Å². The average Bonchev–Trinajstić information content (AvgIpc) is 2.78. The summed E-state index contributed by atoms with van der Waals surface area (Å²) in [6, 6.07) is 0.320. The molecule has 4 nitrogen and oxygen atoms in total. The molecule has 0 bridgehead atoms. The lowest BCUT2D eigenvalue weighted by molar-refractivity contribution is -0.128. The number of carbonyl (C=O) groups excluding carboxylic acids is 2. The van der Waals surface area contributed by atoms with E-state index in [4.69, 9.17) is 0 Å². The highest BCUT2D eigenvalue weighted by atomic mass is 16.2. The maximum Gasteiger partial charge on any atom is 0.234 e. The molecule has 1 aliphatic heterocycles. The Hall–Kier alpha value is -0.900. The van der Waals surface area contributed by atoms with Crippen molar-refractivity contribution in [2.24, 2.45) is 5.92 Å². The zero-order chi connectivity index (χ0) is 13.0. The molecule has 2 atom stereocenters. The van der Waals surface area contributed by atoms with Crippen molar-refractivity contribution >= 4 is 11.7 Å². The number of carbonyl (C=O) groups is 2. The van der Waals surface area contributed by atoms with Gasteiger partial charge < -0.3 is 5.32 Å². The summed E-state index contributed by atoms with van der Waals surface area (Å²) in [6.07, 6.45) is 6.19. The lowest BCUT2D eigenvalue weighted by Gasteiger charge is -2.32. The lowest BCUT2D eigenvalue weighted by atomic mass is 9.82. The Balaban J connectivity index is 1.94. The molecule has 0 aromatic carbocycles. The van der Waals surface area contributed by atoms with Crippen molar-refractivity contribution in [2.45, 2.75) is 51.5 Å². The van der Waals surface area contributed by atoms with Crippen molar-refractivity contribution in [2.75, 3.05) is 19.6 Å². The Morgan fingerprint density at radius 1 is 1.33 bits per heavy atom. The minimum Gasteiger partial charge on any atom is -0.355 e. The van der Waals surface area contributed by atoms with Crippen LogP contribution in [0.15, 0.2) is 0 Å². The second kappa shape index (κ2) is 6.32. The summed E-state index contributed by atoms with van der Waals surface area (Å²) in [5.41, 5.74) is 0. The number of nitrogens with zero attached hydrogens (tertiary/aromatic N) is 1. The first-order valence-electron chi connectivity index (χ1n) is 7.26. The summed E-state index contributed by atoms with van der Waals surface area (Å²) < 4.78 is 0. The van der Waals surface area contributed by atoms with Crippen molar-refractivity contribution in [1.29, 1.82) is 0 Å². The second-order valence-electron chi connectivity index (χ2n) is 5.45. The number of Topliss-reactive ketones (excluding diaryl/α,β-unsaturated/α-hetero) is 1. The molecule has 1 amide bonds. The largest absolute Gasteiger partial charge is 0.355 e. The summed E-state index contributed by atoms with van der Waals surface area (Å²) in [5.74, 6) is 0.706. The van der Waals surface area contributed by atoms with Gasteiger partial charge in [0.1, 0.15) is 5.78 Å². The molecular weight excluding hydrogens is 228 g/mol. The lowest BCUT2D eigenvalue weighted by Crippen LogP contribution is -2.45. The van der Waals surface area contributed by atoms with Crippen molar-refractivity contribution < 1.29 is 9.59 Å². The van der Waals surface area contributed by atoms with Gasteiger partial charge in [0.25, 0.3) is 0 Å². The molecule has 2 aliphatic rings. The third-order valence-electron chi connectivity index (χ3n) is 4.20. The molecule has 102 valence electrons. The standard InChI is InChI=1S/C14H24N2O2/c1-2-15-14(18)10-16-9-5-7-12(16)11-6-3-4-8-13(11)17/h11-12H,2-10H2,1H3,(H,15,18). The van der Waals surface area contributed by atoms with Gasteiger partial charge in [0.2, 0.25) is 5.91 Å². The number of nitrogens with one attached hydrogen (secondary N) is 1. The highest BCUT2D eigenvalue weighted by molar-refractivity contribution is 5.82. The van der Waals surface area contributed by atoms with E-state index in [1.807, 2.05) is 6.92 Å². The van der Waals surface area contributed by atoms with E-state index in [1.165, 1.54) is 6.42 Å². The SMILES string of the molecule is CCNC(=O)CN1CCCC1C1CCCCC1=O. The van der Waals surface area contributed by atoms with Gasteiger partial charge in [0.05, 0.1) is 6.54 Å². The Labute approximate surface area is 109 Å². The summed E-state index contributed by atoms with van der Waals surface area (Å²) in [5, 5.41) is 2.84. The fourth-order valence-electron chi connectivity index (χ4n) is 3.36. The van der Waals surface area contributed by atoms with Gasteiger partial charge in [0, 0.05) is 24.9 Å². The van der Waals surface area contributed by atoms with E-state index < -0.39 is 0 Å². The topological polar surface area (TPSA) is 49.4 Å². The predicted octanol–water partition coefficient (Wildman–Crippen LogP) is 1.35. The monoisotopic (exact) mass is 252 g/mol. The molecule has 18 heavy (non-hydrogen) atoms. The van der Waals surface area contributed by atoms with Crippen LogP contribution in [-0.4, -0.2) is 42.3 Å². The van der Waals surface area contributed by atoms with Crippen LogP contribution in [-0.2, 0) is 9.59 Å². The Morgan fingerprint density at radius 3 is 2.89 bits per heavy atom. The van der Waals surface area contributed by atoms with Crippen LogP contribution in [0.4, 0.5) is 0 Å². The quantitative estimate of drug-likeness (QED) is 0.821. The molecule has 0 aromatic rings. The third kappa shape index (κ3) is 3.10. The molecular formula is C14H24N2O2. The number of likely N-dealkylation sites (N-methyl/N-ethyl adjacent to an activating group) is 1. The first kappa shape index (κ1) is 13.5. The predicted molar refractivity (Wildman–Crippen MR) is 70.2 cm³/mol. The molecule has 0 radical (unpaired) electrons. The smallest absolute Gasteiger partial charge is 0.234 e. The Morgan fingerprint density at radius 2 is 2.17 bits per heavy atom. The number of amides is 1. The minimum atomic E-state index is 0.0904. The summed E-state index contributed by atoms with van der Waals surface area (Å²) >= 11 is 0. The Bertz CT molecular complexity index is 317. The summed E-state index contributed by atoms with van der Waals surface area (Å²) in [4.78, 5) is 25.9. The van der Waals surface area contributed by atoms with Crippen molar-refractivity contribution in [3.05, 3.63) is 0 Å². The van der Waals surface area contributed by atoms with Crippen LogP contribution >= 0.6 is 0 Å². The minimum absolute atomic E-state index is 0.0904. The number of hydrogen-bond donors (Lipinski definition) is 1. The van der Waals surface area contributed by atoms with Gasteiger partial charge in [-0.25, -0.2) is 0 Å². The molecule has 1 saturated heterocycles. The van der Waals surface area contributed by atoms with E-state index in [-0.39, 0.29) is 11.8 Å². The van der Waals surface area contributed by atoms with Crippen LogP contribution in [0, 0.1) is 5.92 Å². The molecule has 0 aromatic heterocycles. The molecule has 2 rings (SSSR count). The molecule has 1 saturated carbocycles. The molecule has 0 spiro atoms. The molecule has 1 N–H and O–H groups in total. The van der Waals surface area contributed by atoms with Gasteiger partial charge in [-0.05, 0) is 39.2 Å². The van der Waals surface area contributed by atoms with Gasteiger partial charge in [-0.15, -0.1) is 0 Å². The van der Waals surface area contributed by atoms with E-state index >= 15 is 0 Å². The third-order valence-corrected chi connectivity index (χ3v) is 4.20. The van der Waals surface area contributed by atoms with Crippen LogP contribution in [0.25, 0.3) is 0 Å². The van der Waals surface area contributed by atoms with Crippen molar-refractivity contribution in [3.63, 3.8) is 0 Å². The van der Waals surface area contributed by atoms with Crippen LogP contribution in [0.3, 0.4) is 0 Å². The maximum absolute atomic E-state index is 12.0. The first-order valence-corrected chi connectivity index (χ1v) is 7.26. The first-order chi connectivity index (χ1) is 8.72. The Kier molecular flexibility index (Phi) is 4.75. The molecule has 1 aliphatic carbocycles. The van der Waals surface area contributed by atoms with E-state index in [0.717, 1.165) is 38.6 Å². The van der Waals surface area contributed by atoms with Gasteiger partial charge >= 0.3 is 0 Å². The van der Waals surface area contributed by atoms with Crippen LogP contribution < -0.4 is 5.32 Å². The maximum atomic E-state index is 12.0. The van der Waals surface area contributed by atoms with Gasteiger partial charge in [-0.2, -0.15) is 0 Å². The van der Waals surface area contributed by atoms with E-state index in [1.54, 1.807) is 0 Å². The van der Waals surface area contributed by atoms with E-state index in [9.17, 15) is 9.59 Å². The molecule has 2 unspecified atom stereocenters. The fraction of sp³-hybridized carbons (Fsp3) is 0.857. The van der Waals surface area contributed by atoms with Crippen molar-refractivity contribution in [1.82, 2.24) is 10.2 Å². The summed E-state index contributed by atoms with van der Waals surface area (Å²) in [6.45, 7) is 4.04. The summed E-state index contributed by atoms with van der Waals surface area (Å²) in [7, 11) is 0. The van der Waals surface area contributed by atoms with Gasteiger partial charge in [0.15, 0.2) is 0 Å². The van der Waals surface area contributed by atoms with E-state index in [0.29, 0.717) is 24.9 Å². The molecule has 4 heteroatoms. The molecule has 2 fully saturated rings. The highest BCUT2D eigenvalue weighted by Crippen LogP contribution is 2.32. The number of ketones is 1. The van der Waals surface area contributed by atoms with Crippen LogP contribution in [0.5, 0.6) is 0 Å². The van der Waals surface area contributed by atoms with Gasteiger partial charge in [-0.1, -0.05) is 6.42 Å². The number of hydrogen-bond acceptors (Lipinski definition) is 3. The zero-order valence-corrected chi connectivity index (χ0v) is 11.3. The average molecular weight is 252 g/mol. The zero-order valence-electron chi connectivity index (χ0n) is 11.3. The molecule has 1 heterocycles. The normalized spacial score (nSPS) is 29.5. The van der Waals surface area contributed by atoms with Crippen molar-refractivity contribution in [3.8, 4) is 0 Å². The van der Waals surface area contributed by atoms with Crippen LogP contribution in [0.2, 0.25) is 0 Å². The highest BCUT2D eigenvalue weighted by Gasteiger charge is 2.37. The number of likely N-dealkylation sites (tertiary alicyclic amines) is 1.